The van der Waals surface area contributed by atoms with Gasteiger partial charge in [-0.1, -0.05) is 0 Å². The molecule has 0 fully saturated rings. The lowest BCUT2D eigenvalue weighted by molar-refractivity contribution is 0.0697. The van der Waals surface area contributed by atoms with Crippen molar-refractivity contribution in [2.24, 2.45) is 0 Å². The Morgan fingerprint density at radius 2 is 2.05 bits per heavy atom. The van der Waals surface area contributed by atoms with E-state index >= 15 is 0 Å². The van der Waals surface area contributed by atoms with Crippen LogP contribution in [0.2, 0.25) is 0 Å². The second kappa shape index (κ2) is 5.16. The number of aromatic carboxylic acids is 1. The van der Waals surface area contributed by atoms with Crippen LogP contribution in [-0.2, 0) is 0 Å². The number of carbonyl (C=O) groups is 1. The maximum absolute atomic E-state index is 11.4. The maximum Gasteiger partial charge on any atom is 0.339 e. The number of rotatable bonds is 4. The molecule has 1 aromatic carbocycles. The van der Waals surface area contributed by atoms with Crippen molar-refractivity contribution in [2.75, 3.05) is 7.11 Å². The van der Waals surface area contributed by atoms with Crippen LogP contribution in [0.15, 0.2) is 53.5 Å². The summed E-state index contributed by atoms with van der Waals surface area (Å²) in [5, 5.41) is 13.6. The van der Waals surface area contributed by atoms with Crippen molar-refractivity contribution in [1.82, 2.24) is 9.78 Å². The highest BCUT2D eigenvalue weighted by Crippen LogP contribution is 2.24. The summed E-state index contributed by atoms with van der Waals surface area (Å²) in [5.74, 6) is -0.314. The lowest BCUT2D eigenvalue weighted by Crippen LogP contribution is -1.96. The molecular formula is C15H12N2O4. The minimum absolute atomic E-state index is 0.118. The monoisotopic (exact) mass is 284 g/mol. The van der Waals surface area contributed by atoms with E-state index in [4.69, 9.17) is 9.15 Å². The van der Waals surface area contributed by atoms with E-state index in [9.17, 15) is 9.90 Å². The van der Waals surface area contributed by atoms with Gasteiger partial charge in [0.05, 0.1) is 25.3 Å². The molecule has 0 aliphatic carbocycles. The topological polar surface area (TPSA) is 77.5 Å². The number of hydrogen-bond acceptors (Lipinski definition) is 4. The third-order valence-corrected chi connectivity index (χ3v) is 3.08. The van der Waals surface area contributed by atoms with E-state index in [1.165, 1.54) is 23.4 Å². The van der Waals surface area contributed by atoms with Crippen LogP contribution in [0, 0.1) is 0 Å². The molecule has 6 nitrogen and oxygen atoms in total. The summed E-state index contributed by atoms with van der Waals surface area (Å²) >= 11 is 0. The molecule has 0 spiro atoms. The van der Waals surface area contributed by atoms with Crippen molar-refractivity contribution in [3.8, 4) is 22.7 Å². The van der Waals surface area contributed by atoms with Gasteiger partial charge in [0.2, 0.25) is 0 Å². The Balaban J connectivity index is 2.07. The molecule has 0 atom stereocenters. The van der Waals surface area contributed by atoms with Crippen LogP contribution in [0.3, 0.4) is 0 Å². The summed E-state index contributed by atoms with van der Waals surface area (Å²) in [7, 11) is 1.59. The highest BCUT2D eigenvalue weighted by Gasteiger charge is 2.18. The van der Waals surface area contributed by atoms with E-state index in [-0.39, 0.29) is 5.56 Å². The number of carboxylic acid groups (broad SMARTS) is 1. The second-order valence-electron chi connectivity index (χ2n) is 4.35. The average molecular weight is 284 g/mol. The molecule has 0 unspecified atom stereocenters. The summed E-state index contributed by atoms with van der Waals surface area (Å²) in [6, 6.07) is 8.85. The van der Waals surface area contributed by atoms with Crippen LogP contribution < -0.4 is 4.74 Å². The molecular weight excluding hydrogens is 272 g/mol. The summed E-state index contributed by atoms with van der Waals surface area (Å²) in [5.41, 5.74) is 1.85. The van der Waals surface area contributed by atoms with E-state index in [1.54, 1.807) is 37.4 Å². The molecule has 2 heterocycles. The SMILES string of the molecule is COc1ccc(-n2cc(C(=O)O)c(-c3ccoc3)n2)cc1. The Labute approximate surface area is 120 Å². The predicted molar refractivity (Wildman–Crippen MR) is 74.8 cm³/mol. The number of methoxy groups -OCH3 is 1. The molecule has 0 amide bonds. The molecule has 0 saturated heterocycles. The van der Waals surface area contributed by atoms with Gasteiger partial charge in [-0.15, -0.1) is 0 Å². The van der Waals surface area contributed by atoms with Crippen molar-refractivity contribution in [2.45, 2.75) is 0 Å². The van der Waals surface area contributed by atoms with Gasteiger partial charge in [-0.2, -0.15) is 5.10 Å². The number of benzene rings is 1. The average Bonchev–Trinajstić information content (AvgIpc) is 3.16. The number of furan rings is 1. The van der Waals surface area contributed by atoms with Crippen molar-refractivity contribution in [3.63, 3.8) is 0 Å². The van der Waals surface area contributed by atoms with E-state index in [0.717, 1.165) is 11.4 Å². The van der Waals surface area contributed by atoms with E-state index in [1.807, 2.05) is 0 Å². The fraction of sp³-hybridized carbons (Fsp3) is 0.0667. The Hall–Kier alpha value is -3.02. The molecule has 2 aromatic heterocycles. The first kappa shape index (κ1) is 13.0. The molecule has 106 valence electrons. The summed E-state index contributed by atoms with van der Waals surface area (Å²) in [4.78, 5) is 11.4. The number of ether oxygens (including phenoxy) is 1. The first-order valence-electron chi connectivity index (χ1n) is 6.19. The van der Waals surface area contributed by atoms with Gasteiger partial charge in [-0.3, -0.25) is 0 Å². The molecule has 1 N–H and O–H groups in total. The van der Waals surface area contributed by atoms with Crippen molar-refractivity contribution >= 4 is 5.97 Å². The largest absolute Gasteiger partial charge is 0.497 e. The van der Waals surface area contributed by atoms with Crippen LogP contribution >= 0.6 is 0 Å². The fourth-order valence-corrected chi connectivity index (χ4v) is 2.01. The van der Waals surface area contributed by atoms with Gasteiger partial charge in [-0.25, -0.2) is 9.48 Å². The minimum Gasteiger partial charge on any atom is -0.497 e. The Bertz CT molecular complexity index is 758. The molecule has 21 heavy (non-hydrogen) atoms. The molecule has 0 bridgehead atoms. The standard InChI is InChI=1S/C15H12N2O4/c1-20-12-4-2-11(3-5-12)17-8-13(15(18)19)14(16-17)10-6-7-21-9-10/h2-9H,1H3,(H,18,19). The summed E-state index contributed by atoms with van der Waals surface area (Å²) in [6.45, 7) is 0. The Morgan fingerprint density at radius 1 is 1.29 bits per heavy atom. The third-order valence-electron chi connectivity index (χ3n) is 3.08. The number of aromatic nitrogens is 2. The zero-order chi connectivity index (χ0) is 14.8. The molecule has 3 aromatic rings. The lowest BCUT2D eigenvalue weighted by Gasteiger charge is -2.02. The lowest BCUT2D eigenvalue weighted by atomic mass is 10.1. The van der Waals surface area contributed by atoms with Crippen LogP contribution in [0.4, 0.5) is 0 Å². The van der Waals surface area contributed by atoms with Crippen molar-refractivity contribution < 1.29 is 19.1 Å². The normalized spacial score (nSPS) is 10.5. The first-order chi connectivity index (χ1) is 10.2. The highest BCUT2D eigenvalue weighted by molar-refractivity contribution is 5.94. The smallest absolute Gasteiger partial charge is 0.339 e. The van der Waals surface area contributed by atoms with E-state index < -0.39 is 5.97 Å². The quantitative estimate of drug-likeness (QED) is 0.797. The zero-order valence-electron chi connectivity index (χ0n) is 11.2. The van der Waals surface area contributed by atoms with Gasteiger partial charge in [-0.05, 0) is 30.3 Å². The number of nitrogens with zero attached hydrogens (tertiary/aromatic N) is 2. The van der Waals surface area contributed by atoms with Crippen molar-refractivity contribution in [3.05, 3.63) is 54.6 Å². The Morgan fingerprint density at radius 3 is 2.62 bits per heavy atom. The van der Waals surface area contributed by atoms with E-state index in [0.29, 0.717) is 11.3 Å². The molecule has 0 aliphatic rings. The van der Waals surface area contributed by atoms with Crippen LogP contribution in [0.25, 0.3) is 16.9 Å². The Kier molecular flexibility index (Phi) is 3.19. The third kappa shape index (κ3) is 2.38. The summed E-state index contributed by atoms with van der Waals surface area (Å²) in [6.07, 6.45) is 4.42. The maximum atomic E-state index is 11.4. The molecule has 6 heteroatoms. The molecule has 0 aliphatic heterocycles. The zero-order valence-corrected chi connectivity index (χ0v) is 11.2. The van der Waals surface area contributed by atoms with Gasteiger partial charge in [0.15, 0.2) is 0 Å². The van der Waals surface area contributed by atoms with Gasteiger partial charge in [0.1, 0.15) is 17.0 Å². The van der Waals surface area contributed by atoms with Crippen molar-refractivity contribution in [1.29, 1.82) is 0 Å². The predicted octanol–water partition coefficient (Wildman–Crippen LogP) is 2.84. The molecule has 3 rings (SSSR count). The van der Waals surface area contributed by atoms with Gasteiger partial charge < -0.3 is 14.3 Å². The molecule has 0 radical (unpaired) electrons. The first-order valence-corrected chi connectivity index (χ1v) is 6.19. The minimum atomic E-state index is -1.04. The second-order valence-corrected chi connectivity index (χ2v) is 4.35. The van der Waals surface area contributed by atoms with Crippen LogP contribution in [0.1, 0.15) is 10.4 Å². The van der Waals surface area contributed by atoms with E-state index in [2.05, 4.69) is 5.10 Å². The fourth-order valence-electron chi connectivity index (χ4n) is 2.01. The van der Waals surface area contributed by atoms with Gasteiger partial charge in [0, 0.05) is 11.8 Å². The molecule has 0 saturated carbocycles. The number of hydrogen-bond donors (Lipinski definition) is 1. The number of carboxylic acids is 1. The van der Waals surface area contributed by atoms with Crippen LogP contribution in [-0.4, -0.2) is 28.0 Å². The highest BCUT2D eigenvalue weighted by atomic mass is 16.5. The summed E-state index contributed by atoms with van der Waals surface area (Å²) < 4.78 is 11.6. The van der Waals surface area contributed by atoms with Gasteiger partial charge in [0.25, 0.3) is 0 Å². The van der Waals surface area contributed by atoms with Crippen LogP contribution in [0.5, 0.6) is 5.75 Å². The van der Waals surface area contributed by atoms with Gasteiger partial charge >= 0.3 is 5.97 Å².